The Morgan fingerprint density at radius 2 is 1.94 bits per heavy atom. The van der Waals surface area contributed by atoms with Crippen molar-refractivity contribution in [2.45, 2.75) is 13.0 Å². The van der Waals surface area contributed by atoms with Crippen molar-refractivity contribution in [2.75, 3.05) is 13.7 Å². The van der Waals surface area contributed by atoms with E-state index in [1.165, 1.54) is 0 Å². The maximum Gasteiger partial charge on any atom is 0.222 e. The van der Waals surface area contributed by atoms with Gasteiger partial charge in [0.1, 0.15) is 0 Å². The normalized spacial score (nSPS) is 10.2. The number of rotatable bonds is 5. The van der Waals surface area contributed by atoms with Crippen LogP contribution in [0.15, 0.2) is 18.2 Å². The van der Waals surface area contributed by atoms with Gasteiger partial charge in [0.15, 0.2) is 0 Å². The second kappa shape index (κ2) is 6.74. The highest BCUT2D eigenvalue weighted by Crippen LogP contribution is 2.18. The summed E-state index contributed by atoms with van der Waals surface area (Å²) in [7, 11) is 1.56. The first-order valence-electron chi connectivity index (χ1n) is 4.82. The third-order valence-corrected chi connectivity index (χ3v) is 2.38. The molecule has 16 heavy (non-hydrogen) atoms. The highest BCUT2D eigenvalue weighted by atomic mass is 35.5. The van der Waals surface area contributed by atoms with Crippen molar-refractivity contribution in [2.24, 2.45) is 0 Å². The van der Waals surface area contributed by atoms with Crippen LogP contribution in [0.3, 0.4) is 0 Å². The number of carbonyl (C=O) groups excluding carboxylic acids is 1. The van der Waals surface area contributed by atoms with Gasteiger partial charge in [-0.15, -0.1) is 0 Å². The molecule has 1 rings (SSSR count). The number of carbonyl (C=O) groups is 1. The fourth-order valence-corrected chi connectivity index (χ4v) is 1.77. The second-order valence-electron chi connectivity index (χ2n) is 3.30. The average molecular weight is 262 g/mol. The van der Waals surface area contributed by atoms with Gasteiger partial charge in [-0.05, 0) is 23.8 Å². The van der Waals surface area contributed by atoms with Crippen LogP contribution in [0.4, 0.5) is 0 Å². The fraction of sp³-hybridized carbons (Fsp3) is 0.364. The smallest absolute Gasteiger partial charge is 0.222 e. The molecule has 0 heterocycles. The Morgan fingerprint density at radius 1 is 1.31 bits per heavy atom. The highest BCUT2D eigenvalue weighted by molar-refractivity contribution is 6.34. The molecule has 0 aliphatic heterocycles. The Balaban J connectivity index is 2.45. The Hall–Kier alpha value is -0.770. The van der Waals surface area contributed by atoms with Gasteiger partial charge < -0.3 is 10.1 Å². The van der Waals surface area contributed by atoms with Crippen LogP contribution in [-0.2, 0) is 16.1 Å². The number of halogens is 2. The maximum absolute atomic E-state index is 11.3. The molecule has 1 amide bonds. The minimum Gasteiger partial charge on any atom is -0.384 e. The molecule has 0 saturated heterocycles. The molecule has 5 heteroatoms. The van der Waals surface area contributed by atoms with Crippen LogP contribution in [0, 0.1) is 0 Å². The van der Waals surface area contributed by atoms with Gasteiger partial charge in [0.05, 0.1) is 6.61 Å². The summed E-state index contributed by atoms with van der Waals surface area (Å²) < 4.78 is 4.80. The quantitative estimate of drug-likeness (QED) is 0.885. The summed E-state index contributed by atoms with van der Waals surface area (Å²) in [5.41, 5.74) is 0.878. The van der Waals surface area contributed by atoms with Crippen molar-refractivity contribution in [1.29, 1.82) is 0 Å². The van der Waals surface area contributed by atoms with Crippen molar-refractivity contribution in [3.8, 4) is 0 Å². The number of hydrogen-bond acceptors (Lipinski definition) is 2. The monoisotopic (exact) mass is 261 g/mol. The average Bonchev–Trinajstić information content (AvgIpc) is 2.22. The molecule has 88 valence electrons. The van der Waals surface area contributed by atoms with Gasteiger partial charge in [-0.25, -0.2) is 0 Å². The lowest BCUT2D eigenvalue weighted by atomic mass is 10.2. The second-order valence-corrected chi connectivity index (χ2v) is 4.17. The molecule has 0 spiro atoms. The lowest BCUT2D eigenvalue weighted by Gasteiger charge is -2.06. The van der Waals surface area contributed by atoms with Crippen molar-refractivity contribution in [3.05, 3.63) is 33.8 Å². The molecular formula is C11H13Cl2NO2. The standard InChI is InChI=1S/C11H13Cl2NO2/c1-16-3-2-11(15)14-7-8-4-9(12)6-10(13)5-8/h4-6H,2-3,7H2,1H3,(H,14,15). The van der Waals surface area contributed by atoms with Crippen LogP contribution in [0.5, 0.6) is 0 Å². The molecule has 0 atom stereocenters. The Kier molecular flexibility index (Phi) is 5.60. The summed E-state index contributed by atoms with van der Waals surface area (Å²) in [6, 6.07) is 5.19. The summed E-state index contributed by atoms with van der Waals surface area (Å²) >= 11 is 11.7. The Morgan fingerprint density at radius 3 is 2.50 bits per heavy atom. The van der Waals surface area contributed by atoms with Gasteiger partial charge in [-0.3, -0.25) is 4.79 Å². The SMILES string of the molecule is COCCC(=O)NCc1cc(Cl)cc(Cl)c1. The molecule has 0 saturated carbocycles. The lowest BCUT2D eigenvalue weighted by molar-refractivity contribution is -0.122. The summed E-state index contributed by atoms with van der Waals surface area (Å²) in [6.07, 6.45) is 0.352. The lowest BCUT2D eigenvalue weighted by Crippen LogP contribution is -2.23. The third-order valence-electron chi connectivity index (χ3n) is 1.95. The molecule has 0 aromatic heterocycles. The minimum absolute atomic E-state index is 0.0575. The van der Waals surface area contributed by atoms with E-state index in [1.54, 1.807) is 25.3 Å². The third kappa shape index (κ3) is 4.84. The van der Waals surface area contributed by atoms with E-state index in [-0.39, 0.29) is 5.91 Å². The van der Waals surface area contributed by atoms with Crippen molar-refractivity contribution in [3.63, 3.8) is 0 Å². The summed E-state index contributed by atoms with van der Waals surface area (Å²) in [5, 5.41) is 3.88. The molecule has 0 radical (unpaired) electrons. The van der Waals surface area contributed by atoms with Crippen molar-refractivity contribution in [1.82, 2.24) is 5.32 Å². The van der Waals surface area contributed by atoms with Gasteiger partial charge >= 0.3 is 0 Å². The predicted octanol–water partition coefficient (Wildman–Crippen LogP) is 2.65. The molecular weight excluding hydrogens is 249 g/mol. The fourth-order valence-electron chi connectivity index (χ4n) is 1.20. The first-order valence-corrected chi connectivity index (χ1v) is 5.58. The molecule has 1 aromatic rings. The zero-order chi connectivity index (χ0) is 12.0. The molecule has 0 unspecified atom stereocenters. The largest absolute Gasteiger partial charge is 0.384 e. The molecule has 0 aliphatic rings. The van der Waals surface area contributed by atoms with E-state index < -0.39 is 0 Å². The van der Waals surface area contributed by atoms with Crippen LogP contribution in [-0.4, -0.2) is 19.6 Å². The van der Waals surface area contributed by atoms with Crippen LogP contribution < -0.4 is 5.32 Å². The summed E-state index contributed by atoms with van der Waals surface area (Å²) in [4.78, 5) is 11.3. The van der Waals surface area contributed by atoms with Gasteiger partial charge in [-0.1, -0.05) is 23.2 Å². The topological polar surface area (TPSA) is 38.3 Å². The number of hydrogen-bond donors (Lipinski definition) is 1. The Bertz CT molecular complexity index is 349. The molecule has 1 N–H and O–H groups in total. The predicted molar refractivity (Wildman–Crippen MR) is 64.8 cm³/mol. The number of ether oxygens (including phenoxy) is 1. The van der Waals surface area contributed by atoms with Crippen LogP contribution in [0.2, 0.25) is 10.0 Å². The number of methoxy groups -OCH3 is 1. The minimum atomic E-state index is -0.0575. The first-order chi connectivity index (χ1) is 7.61. The van der Waals surface area contributed by atoms with Gasteiger partial charge in [0.25, 0.3) is 0 Å². The zero-order valence-corrected chi connectivity index (χ0v) is 10.4. The highest BCUT2D eigenvalue weighted by Gasteiger charge is 2.02. The van der Waals surface area contributed by atoms with Gasteiger partial charge in [-0.2, -0.15) is 0 Å². The van der Waals surface area contributed by atoms with Gasteiger partial charge in [0.2, 0.25) is 5.91 Å². The molecule has 0 fully saturated rings. The number of nitrogens with one attached hydrogen (secondary N) is 1. The van der Waals surface area contributed by atoms with Crippen molar-refractivity contribution >= 4 is 29.1 Å². The number of amides is 1. The zero-order valence-electron chi connectivity index (χ0n) is 8.93. The van der Waals surface area contributed by atoms with E-state index >= 15 is 0 Å². The van der Waals surface area contributed by atoms with Crippen molar-refractivity contribution < 1.29 is 9.53 Å². The maximum atomic E-state index is 11.3. The summed E-state index contributed by atoms with van der Waals surface area (Å²) in [6.45, 7) is 0.838. The summed E-state index contributed by atoms with van der Waals surface area (Å²) in [5.74, 6) is -0.0575. The molecule has 0 aliphatic carbocycles. The van der Waals surface area contributed by atoms with E-state index in [9.17, 15) is 4.79 Å². The van der Waals surface area contributed by atoms with Crippen LogP contribution >= 0.6 is 23.2 Å². The molecule has 1 aromatic carbocycles. The van der Waals surface area contributed by atoms with E-state index in [0.29, 0.717) is 29.6 Å². The van der Waals surface area contributed by atoms with Gasteiger partial charge in [0, 0.05) is 30.1 Å². The van der Waals surface area contributed by atoms with Crippen LogP contribution in [0.1, 0.15) is 12.0 Å². The molecule has 0 bridgehead atoms. The van der Waals surface area contributed by atoms with E-state index in [1.807, 2.05) is 0 Å². The van der Waals surface area contributed by atoms with E-state index in [4.69, 9.17) is 27.9 Å². The van der Waals surface area contributed by atoms with E-state index in [2.05, 4.69) is 5.32 Å². The van der Waals surface area contributed by atoms with E-state index in [0.717, 1.165) is 5.56 Å². The Labute approximate surface area is 105 Å². The van der Waals surface area contributed by atoms with Crippen LogP contribution in [0.25, 0.3) is 0 Å². The number of benzene rings is 1. The molecule has 3 nitrogen and oxygen atoms in total. The first kappa shape index (κ1) is 13.3.